The standard InChI is InChI=1S/C31H39FN6/c1-5-20(18-38(4)24-12-11-21-16-22(32)15-19(3)25(21)14-13-24)26-17-34-30(33)29-28(26)37-31(27(6-2)36-29)35-23-9-7-8-10-23/h5,15-18,23-24H,1,6-14H2,2-4H3,(H2,33,34)(H,35,37)/b20-18+. The third-order valence-electron chi connectivity index (χ3n) is 8.28. The molecule has 1 aromatic carbocycles. The molecule has 6 nitrogen and oxygen atoms in total. The Kier molecular flexibility index (Phi) is 7.63. The SMILES string of the molecule is C=C/C(=C\N(C)C1CCc2cc(F)cc(C)c2CC1)c1cnc(N)c2nc(CC)c(NC3CCCC3)nc12. The quantitative estimate of drug-likeness (QED) is 0.281. The summed E-state index contributed by atoms with van der Waals surface area (Å²) in [5.41, 5.74) is 13.9. The van der Waals surface area contributed by atoms with Crippen LogP contribution in [0.3, 0.4) is 0 Å². The van der Waals surface area contributed by atoms with E-state index < -0.39 is 0 Å². The highest BCUT2D eigenvalue weighted by Crippen LogP contribution is 2.32. The number of nitrogen functional groups attached to an aromatic ring is 1. The fourth-order valence-electron chi connectivity index (χ4n) is 6.09. The number of aromatic nitrogens is 3. The van der Waals surface area contributed by atoms with Crippen molar-refractivity contribution in [2.24, 2.45) is 0 Å². The molecule has 1 atom stereocenters. The van der Waals surface area contributed by atoms with E-state index in [9.17, 15) is 4.39 Å². The molecule has 3 aromatic rings. The lowest BCUT2D eigenvalue weighted by Gasteiger charge is -2.27. The molecule has 38 heavy (non-hydrogen) atoms. The summed E-state index contributed by atoms with van der Waals surface area (Å²) >= 11 is 0. The summed E-state index contributed by atoms with van der Waals surface area (Å²) in [6.45, 7) is 8.22. The molecule has 0 amide bonds. The van der Waals surface area contributed by atoms with Crippen LogP contribution in [0.4, 0.5) is 16.0 Å². The second-order valence-electron chi connectivity index (χ2n) is 10.8. The van der Waals surface area contributed by atoms with Crippen molar-refractivity contribution in [2.75, 3.05) is 18.1 Å². The second-order valence-corrected chi connectivity index (χ2v) is 10.8. The number of pyridine rings is 1. The third-order valence-corrected chi connectivity index (χ3v) is 8.28. The summed E-state index contributed by atoms with van der Waals surface area (Å²) < 4.78 is 14.0. The van der Waals surface area contributed by atoms with Crippen LogP contribution in [0.2, 0.25) is 0 Å². The molecule has 1 saturated carbocycles. The molecule has 1 unspecified atom stereocenters. The number of rotatable bonds is 7. The zero-order valence-corrected chi connectivity index (χ0v) is 22.9. The average molecular weight is 515 g/mol. The molecule has 0 spiro atoms. The molecule has 0 radical (unpaired) electrons. The van der Waals surface area contributed by atoms with E-state index in [1.165, 1.54) is 18.4 Å². The number of aryl methyl sites for hydroxylation is 3. The fourth-order valence-corrected chi connectivity index (χ4v) is 6.09. The molecular formula is C31H39FN6. The Labute approximate surface area is 225 Å². The lowest BCUT2D eigenvalue weighted by Crippen LogP contribution is -2.27. The largest absolute Gasteiger partial charge is 0.382 e. The Balaban J connectivity index is 1.47. The van der Waals surface area contributed by atoms with Crippen molar-refractivity contribution in [1.29, 1.82) is 0 Å². The highest BCUT2D eigenvalue weighted by molar-refractivity contribution is 5.96. The molecule has 5 rings (SSSR count). The number of halogens is 1. The monoisotopic (exact) mass is 514 g/mol. The number of nitrogens with zero attached hydrogens (tertiary/aromatic N) is 4. The summed E-state index contributed by atoms with van der Waals surface area (Å²) in [4.78, 5) is 16.7. The van der Waals surface area contributed by atoms with E-state index in [-0.39, 0.29) is 5.82 Å². The molecule has 2 aromatic heterocycles. The highest BCUT2D eigenvalue weighted by atomic mass is 19.1. The van der Waals surface area contributed by atoms with Crippen LogP contribution in [0.15, 0.2) is 37.2 Å². The lowest BCUT2D eigenvalue weighted by atomic mass is 9.98. The predicted octanol–water partition coefficient (Wildman–Crippen LogP) is 6.38. The van der Waals surface area contributed by atoms with Gasteiger partial charge in [0.25, 0.3) is 0 Å². The molecule has 0 saturated heterocycles. The van der Waals surface area contributed by atoms with Crippen LogP contribution >= 0.6 is 0 Å². The van der Waals surface area contributed by atoms with Crippen LogP contribution in [0.1, 0.15) is 73.4 Å². The first kappa shape index (κ1) is 26.1. The number of anilines is 2. The summed E-state index contributed by atoms with van der Waals surface area (Å²) in [6, 6.07) is 4.12. The zero-order valence-electron chi connectivity index (χ0n) is 22.9. The van der Waals surface area contributed by atoms with E-state index in [0.29, 0.717) is 23.4 Å². The molecule has 2 aliphatic carbocycles. The lowest BCUT2D eigenvalue weighted by molar-refractivity contribution is 0.301. The van der Waals surface area contributed by atoms with Crippen LogP contribution in [0.25, 0.3) is 16.6 Å². The van der Waals surface area contributed by atoms with Gasteiger partial charge < -0.3 is 16.0 Å². The average Bonchev–Trinajstić information content (AvgIpc) is 3.31. The predicted molar refractivity (Wildman–Crippen MR) is 155 cm³/mol. The van der Waals surface area contributed by atoms with E-state index in [1.54, 1.807) is 18.3 Å². The smallest absolute Gasteiger partial charge is 0.151 e. The maximum Gasteiger partial charge on any atom is 0.151 e. The van der Waals surface area contributed by atoms with Gasteiger partial charge in [-0.15, -0.1) is 0 Å². The van der Waals surface area contributed by atoms with E-state index in [0.717, 1.165) is 84.2 Å². The maximum atomic E-state index is 14.0. The molecule has 0 bridgehead atoms. The van der Waals surface area contributed by atoms with Crippen molar-refractivity contribution in [3.63, 3.8) is 0 Å². The van der Waals surface area contributed by atoms with Crippen molar-refractivity contribution in [3.05, 3.63) is 70.9 Å². The van der Waals surface area contributed by atoms with Crippen molar-refractivity contribution < 1.29 is 4.39 Å². The van der Waals surface area contributed by atoms with Crippen LogP contribution in [-0.2, 0) is 19.3 Å². The first-order chi connectivity index (χ1) is 18.4. The van der Waals surface area contributed by atoms with Crippen molar-refractivity contribution in [2.45, 2.75) is 83.7 Å². The van der Waals surface area contributed by atoms with Crippen molar-refractivity contribution in [1.82, 2.24) is 19.9 Å². The van der Waals surface area contributed by atoms with Gasteiger partial charge in [-0.3, -0.25) is 0 Å². The first-order valence-corrected chi connectivity index (χ1v) is 13.9. The van der Waals surface area contributed by atoms with Crippen LogP contribution in [0, 0.1) is 12.7 Å². The normalized spacial score (nSPS) is 18.3. The first-order valence-electron chi connectivity index (χ1n) is 13.9. The Hall–Kier alpha value is -3.48. The van der Waals surface area contributed by atoms with Gasteiger partial charge >= 0.3 is 0 Å². The number of benzene rings is 1. The van der Waals surface area contributed by atoms with Crippen molar-refractivity contribution in [3.8, 4) is 0 Å². The summed E-state index contributed by atoms with van der Waals surface area (Å²) in [5, 5.41) is 3.66. The van der Waals surface area contributed by atoms with Gasteiger partial charge in [0.2, 0.25) is 0 Å². The van der Waals surface area contributed by atoms with E-state index in [1.807, 2.05) is 13.0 Å². The number of nitrogens with one attached hydrogen (secondary N) is 1. The summed E-state index contributed by atoms with van der Waals surface area (Å²) in [5.74, 6) is 1.10. The van der Waals surface area contributed by atoms with Gasteiger partial charge in [-0.05, 0) is 80.7 Å². The van der Waals surface area contributed by atoms with Crippen LogP contribution in [-0.4, -0.2) is 39.0 Å². The zero-order chi connectivity index (χ0) is 26.8. The molecular weight excluding hydrogens is 475 g/mol. The van der Waals surface area contributed by atoms with Gasteiger partial charge in [0.05, 0.1) is 5.69 Å². The molecule has 3 N–H and O–H groups in total. The molecule has 1 fully saturated rings. The van der Waals surface area contributed by atoms with E-state index in [2.05, 4.69) is 42.0 Å². The Bertz CT molecular complexity index is 1370. The van der Waals surface area contributed by atoms with Gasteiger partial charge in [0.15, 0.2) is 5.82 Å². The van der Waals surface area contributed by atoms with Crippen LogP contribution in [0.5, 0.6) is 0 Å². The third kappa shape index (κ3) is 5.24. The van der Waals surface area contributed by atoms with Crippen LogP contribution < -0.4 is 11.1 Å². The summed E-state index contributed by atoms with van der Waals surface area (Å²) in [7, 11) is 2.11. The second kappa shape index (κ2) is 11.1. The van der Waals surface area contributed by atoms with Crippen molar-refractivity contribution >= 4 is 28.2 Å². The van der Waals surface area contributed by atoms with Gasteiger partial charge in [0.1, 0.15) is 22.7 Å². The molecule has 2 aliphatic rings. The number of hydrogen-bond donors (Lipinski definition) is 2. The molecule has 0 aliphatic heterocycles. The Morgan fingerprint density at radius 1 is 1.16 bits per heavy atom. The minimum atomic E-state index is -0.140. The molecule has 200 valence electrons. The van der Waals surface area contributed by atoms with E-state index in [4.69, 9.17) is 15.7 Å². The van der Waals surface area contributed by atoms with Gasteiger partial charge in [-0.1, -0.05) is 32.4 Å². The minimum Gasteiger partial charge on any atom is -0.382 e. The summed E-state index contributed by atoms with van der Waals surface area (Å²) in [6.07, 6.45) is 15.1. The number of nitrogens with two attached hydrogens (primary N) is 1. The number of hydrogen-bond acceptors (Lipinski definition) is 6. The molecule has 7 heteroatoms. The minimum absolute atomic E-state index is 0.140. The van der Waals surface area contributed by atoms with Gasteiger partial charge in [-0.2, -0.15) is 0 Å². The number of allylic oxidation sites excluding steroid dienone is 2. The van der Waals surface area contributed by atoms with Gasteiger partial charge in [0, 0.05) is 42.7 Å². The van der Waals surface area contributed by atoms with E-state index >= 15 is 0 Å². The maximum absolute atomic E-state index is 14.0. The Morgan fingerprint density at radius 3 is 2.66 bits per heavy atom. The topological polar surface area (TPSA) is 80.0 Å². The fraction of sp³-hybridized carbons (Fsp3) is 0.452. The Morgan fingerprint density at radius 2 is 1.92 bits per heavy atom. The molecule has 2 heterocycles. The van der Waals surface area contributed by atoms with Gasteiger partial charge in [-0.25, -0.2) is 19.3 Å². The number of fused-ring (bicyclic) bond motifs is 2. The highest BCUT2D eigenvalue weighted by Gasteiger charge is 2.22.